The van der Waals surface area contributed by atoms with Crippen molar-refractivity contribution >= 4 is 11.6 Å². The molecule has 0 N–H and O–H groups in total. The van der Waals surface area contributed by atoms with Crippen molar-refractivity contribution < 1.29 is 9.47 Å². The summed E-state index contributed by atoms with van der Waals surface area (Å²) in [4.78, 5) is 7.87. The van der Waals surface area contributed by atoms with Gasteiger partial charge in [-0.1, -0.05) is 11.6 Å². The Hall–Kier alpha value is -1.81. The molecule has 88 valence electrons. The molecule has 1 aromatic heterocycles. The van der Waals surface area contributed by atoms with Crippen molar-refractivity contribution in [3.05, 3.63) is 41.7 Å². The van der Waals surface area contributed by atoms with Gasteiger partial charge in [0, 0.05) is 6.20 Å². The summed E-state index contributed by atoms with van der Waals surface area (Å²) in [5.41, 5.74) is 0. The predicted molar refractivity (Wildman–Crippen MR) is 64.7 cm³/mol. The zero-order valence-electron chi connectivity index (χ0n) is 9.26. The van der Waals surface area contributed by atoms with Crippen molar-refractivity contribution in [2.24, 2.45) is 0 Å². The highest BCUT2D eigenvalue weighted by molar-refractivity contribution is 6.29. The van der Waals surface area contributed by atoms with Crippen LogP contribution in [0.3, 0.4) is 0 Å². The minimum atomic E-state index is 0.224. The van der Waals surface area contributed by atoms with Gasteiger partial charge in [0.05, 0.1) is 6.61 Å². The highest BCUT2D eigenvalue weighted by atomic mass is 35.5. The molecule has 1 heterocycles. The van der Waals surface area contributed by atoms with Crippen molar-refractivity contribution in [3.8, 4) is 17.5 Å². The third kappa shape index (κ3) is 3.32. The number of ether oxygens (including phenoxy) is 2. The number of hydrogen-bond acceptors (Lipinski definition) is 4. The van der Waals surface area contributed by atoms with E-state index in [0.717, 1.165) is 5.75 Å². The predicted octanol–water partition coefficient (Wildman–Crippen LogP) is 3.32. The van der Waals surface area contributed by atoms with Gasteiger partial charge < -0.3 is 9.47 Å². The third-order valence-electron chi connectivity index (χ3n) is 1.94. The molecule has 17 heavy (non-hydrogen) atoms. The Balaban J connectivity index is 2.08. The lowest BCUT2D eigenvalue weighted by atomic mass is 10.3. The summed E-state index contributed by atoms with van der Waals surface area (Å²) < 4.78 is 10.8. The van der Waals surface area contributed by atoms with Crippen LogP contribution < -0.4 is 9.47 Å². The lowest BCUT2D eigenvalue weighted by molar-refractivity contribution is 0.339. The van der Waals surface area contributed by atoms with E-state index in [1.165, 1.54) is 0 Å². The highest BCUT2D eigenvalue weighted by Crippen LogP contribution is 2.21. The first kappa shape index (κ1) is 11.7. The number of nitrogens with zero attached hydrogens (tertiary/aromatic N) is 2. The average molecular weight is 251 g/mol. The Morgan fingerprint density at radius 3 is 2.47 bits per heavy atom. The summed E-state index contributed by atoms with van der Waals surface area (Å²) in [5.74, 6) is 1.43. The molecule has 2 rings (SSSR count). The fraction of sp³-hybridized carbons (Fsp3) is 0.167. The summed E-state index contributed by atoms with van der Waals surface area (Å²) in [5, 5.41) is 0.348. The van der Waals surface area contributed by atoms with Crippen LogP contribution in [0.4, 0.5) is 0 Å². The molecule has 0 atom stereocenters. The van der Waals surface area contributed by atoms with Crippen molar-refractivity contribution in [1.82, 2.24) is 9.97 Å². The fourth-order valence-electron chi connectivity index (χ4n) is 1.25. The normalized spacial score (nSPS) is 10.0. The number of hydrogen-bond donors (Lipinski definition) is 0. The fourth-order valence-corrected chi connectivity index (χ4v) is 1.37. The monoisotopic (exact) mass is 250 g/mol. The zero-order chi connectivity index (χ0) is 12.1. The first-order chi connectivity index (χ1) is 8.28. The van der Waals surface area contributed by atoms with Crippen LogP contribution in [0.25, 0.3) is 0 Å². The minimum absolute atomic E-state index is 0.224. The van der Waals surface area contributed by atoms with Gasteiger partial charge in [0.1, 0.15) is 16.7 Å². The van der Waals surface area contributed by atoms with E-state index >= 15 is 0 Å². The maximum atomic E-state index is 5.73. The van der Waals surface area contributed by atoms with Crippen molar-refractivity contribution in [2.45, 2.75) is 6.92 Å². The molecule has 1 aromatic carbocycles. The SMILES string of the molecule is CCOc1ccc(Oc2nccc(Cl)n2)cc1. The molecule has 0 aliphatic rings. The smallest absolute Gasteiger partial charge is 0.323 e. The molecule has 0 bridgehead atoms. The van der Waals surface area contributed by atoms with Crippen molar-refractivity contribution in [2.75, 3.05) is 6.61 Å². The standard InChI is InChI=1S/C12H11ClN2O2/c1-2-16-9-3-5-10(6-4-9)17-12-14-8-7-11(13)15-12/h3-8H,2H2,1H3. The molecule has 0 fully saturated rings. The van der Waals surface area contributed by atoms with Crippen molar-refractivity contribution in [1.29, 1.82) is 0 Å². The lowest BCUT2D eigenvalue weighted by Crippen LogP contribution is -1.93. The number of halogens is 1. The number of rotatable bonds is 4. The molecule has 5 heteroatoms. The third-order valence-corrected chi connectivity index (χ3v) is 2.15. The maximum absolute atomic E-state index is 5.73. The Morgan fingerprint density at radius 1 is 1.12 bits per heavy atom. The first-order valence-electron chi connectivity index (χ1n) is 5.17. The Morgan fingerprint density at radius 2 is 1.82 bits per heavy atom. The van der Waals surface area contributed by atoms with E-state index < -0.39 is 0 Å². The van der Waals surface area contributed by atoms with Crippen LogP contribution in [0.1, 0.15) is 6.92 Å². The van der Waals surface area contributed by atoms with Gasteiger partial charge in [0.15, 0.2) is 0 Å². The number of benzene rings is 1. The molecule has 0 saturated heterocycles. The maximum Gasteiger partial charge on any atom is 0.323 e. The molecule has 2 aromatic rings. The first-order valence-corrected chi connectivity index (χ1v) is 5.55. The van der Waals surface area contributed by atoms with Crippen LogP contribution in [0.15, 0.2) is 36.5 Å². The molecule has 0 saturated carbocycles. The van der Waals surface area contributed by atoms with E-state index in [1.807, 2.05) is 19.1 Å². The molecule has 0 aliphatic carbocycles. The second-order valence-electron chi connectivity index (χ2n) is 3.17. The highest BCUT2D eigenvalue weighted by Gasteiger charge is 2.01. The zero-order valence-corrected chi connectivity index (χ0v) is 10.0. The second kappa shape index (κ2) is 5.50. The summed E-state index contributed by atoms with van der Waals surface area (Å²) in [6.45, 7) is 2.57. The van der Waals surface area contributed by atoms with Crippen LogP contribution >= 0.6 is 11.6 Å². The van der Waals surface area contributed by atoms with E-state index in [9.17, 15) is 0 Å². The van der Waals surface area contributed by atoms with Gasteiger partial charge in [0.2, 0.25) is 0 Å². The van der Waals surface area contributed by atoms with Crippen LogP contribution in [0.5, 0.6) is 17.5 Å². The Kier molecular flexibility index (Phi) is 3.77. The van der Waals surface area contributed by atoms with Gasteiger partial charge in [-0.05, 0) is 37.3 Å². The molecule has 0 spiro atoms. The van der Waals surface area contributed by atoms with E-state index in [0.29, 0.717) is 17.5 Å². The molecule has 0 radical (unpaired) electrons. The quantitative estimate of drug-likeness (QED) is 0.781. The van der Waals surface area contributed by atoms with E-state index in [-0.39, 0.29) is 6.01 Å². The minimum Gasteiger partial charge on any atom is -0.494 e. The summed E-state index contributed by atoms with van der Waals surface area (Å²) >= 11 is 5.73. The van der Waals surface area contributed by atoms with Gasteiger partial charge in [-0.3, -0.25) is 0 Å². The summed E-state index contributed by atoms with van der Waals surface area (Å²) in [6.07, 6.45) is 1.54. The summed E-state index contributed by atoms with van der Waals surface area (Å²) in [6, 6.07) is 9.03. The van der Waals surface area contributed by atoms with Crippen LogP contribution in [0.2, 0.25) is 5.15 Å². The summed E-state index contributed by atoms with van der Waals surface area (Å²) in [7, 11) is 0. The average Bonchev–Trinajstić information content (AvgIpc) is 2.32. The van der Waals surface area contributed by atoms with Gasteiger partial charge in [0.25, 0.3) is 0 Å². The van der Waals surface area contributed by atoms with E-state index in [1.54, 1.807) is 24.4 Å². The molecule has 0 amide bonds. The van der Waals surface area contributed by atoms with Crippen molar-refractivity contribution in [3.63, 3.8) is 0 Å². The second-order valence-corrected chi connectivity index (χ2v) is 3.56. The molecule has 0 unspecified atom stereocenters. The van der Waals surface area contributed by atoms with Crippen LogP contribution in [-0.2, 0) is 0 Å². The molecular formula is C12H11ClN2O2. The Bertz CT molecular complexity index is 488. The van der Waals surface area contributed by atoms with Crippen LogP contribution in [-0.4, -0.2) is 16.6 Å². The van der Waals surface area contributed by atoms with Gasteiger partial charge in [-0.25, -0.2) is 4.98 Å². The molecule has 4 nitrogen and oxygen atoms in total. The van der Waals surface area contributed by atoms with E-state index in [4.69, 9.17) is 21.1 Å². The van der Waals surface area contributed by atoms with Crippen LogP contribution in [0, 0.1) is 0 Å². The molecular weight excluding hydrogens is 240 g/mol. The number of aromatic nitrogens is 2. The lowest BCUT2D eigenvalue weighted by Gasteiger charge is -2.05. The topological polar surface area (TPSA) is 44.2 Å². The van der Waals surface area contributed by atoms with E-state index in [2.05, 4.69) is 9.97 Å². The molecule has 0 aliphatic heterocycles. The van der Waals surface area contributed by atoms with Gasteiger partial charge >= 0.3 is 6.01 Å². The largest absolute Gasteiger partial charge is 0.494 e. The van der Waals surface area contributed by atoms with Gasteiger partial charge in [-0.2, -0.15) is 4.98 Å². The Labute approximate surface area is 104 Å². The van der Waals surface area contributed by atoms with Gasteiger partial charge in [-0.15, -0.1) is 0 Å².